The molecule has 0 bridgehead atoms. The second-order valence-corrected chi connectivity index (χ2v) is 3.72. The van der Waals surface area contributed by atoms with Gasteiger partial charge in [0.25, 0.3) is 0 Å². The highest BCUT2D eigenvalue weighted by atomic mass is 19.1. The zero-order chi connectivity index (χ0) is 12.8. The molecule has 94 valence electrons. The Labute approximate surface area is 105 Å². The van der Waals surface area contributed by atoms with E-state index in [4.69, 9.17) is 4.74 Å². The van der Waals surface area contributed by atoms with Crippen molar-refractivity contribution in [1.29, 1.82) is 0 Å². The van der Waals surface area contributed by atoms with Crippen LogP contribution in [0.15, 0.2) is 36.7 Å². The standard InChI is InChI=1S/C13H14FN3O/c1-2-7-18-11-5-3-10(4-6-11)17-13-8-12(14)15-9-16-13/h3-6,8-9H,2,7H2,1H3,(H,15,16,17). The molecule has 4 nitrogen and oxygen atoms in total. The second-order valence-electron chi connectivity index (χ2n) is 3.72. The van der Waals surface area contributed by atoms with Crippen LogP contribution in [0.3, 0.4) is 0 Å². The average molecular weight is 247 g/mol. The van der Waals surface area contributed by atoms with E-state index in [-0.39, 0.29) is 0 Å². The van der Waals surface area contributed by atoms with Crippen molar-refractivity contribution in [2.24, 2.45) is 0 Å². The molecule has 1 aromatic heterocycles. The number of ether oxygens (including phenoxy) is 1. The van der Waals surface area contributed by atoms with Crippen LogP contribution in [0.4, 0.5) is 15.9 Å². The summed E-state index contributed by atoms with van der Waals surface area (Å²) >= 11 is 0. The molecule has 18 heavy (non-hydrogen) atoms. The highest BCUT2D eigenvalue weighted by Gasteiger charge is 1.99. The third-order valence-corrected chi connectivity index (χ3v) is 2.23. The molecule has 0 aliphatic heterocycles. The maximum Gasteiger partial charge on any atom is 0.218 e. The van der Waals surface area contributed by atoms with Crippen molar-refractivity contribution in [3.8, 4) is 5.75 Å². The van der Waals surface area contributed by atoms with Gasteiger partial charge in [0.1, 0.15) is 17.9 Å². The molecule has 0 unspecified atom stereocenters. The summed E-state index contributed by atoms with van der Waals surface area (Å²) in [5.41, 5.74) is 0.817. The number of benzene rings is 1. The molecule has 0 saturated carbocycles. The number of halogens is 1. The van der Waals surface area contributed by atoms with Crippen LogP contribution < -0.4 is 10.1 Å². The van der Waals surface area contributed by atoms with E-state index in [0.717, 1.165) is 17.9 Å². The fraction of sp³-hybridized carbons (Fsp3) is 0.231. The van der Waals surface area contributed by atoms with Gasteiger partial charge in [0.05, 0.1) is 6.61 Å². The Bertz CT molecular complexity index is 502. The molecule has 0 radical (unpaired) electrons. The number of hydrogen-bond donors (Lipinski definition) is 1. The zero-order valence-corrected chi connectivity index (χ0v) is 10.1. The Hall–Kier alpha value is -2.17. The Morgan fingerprint density at radius 1 is 1.22 bits per heavy atom. The summed E-state index contributed by atoms with van der Waals surface area (Å²) in [5, 5.41) is 2.98. The first-order valence-electron chi connectivity index (χ1n) is 5.75. The second kappa shape index (κ2) is 5.95. The van der Waals surface area contributed by atoms with Crippen LogP contribution >= 0.6 is 0 Å². The van der Waals surface area contributed by atoms with Gasteiger partial charge in [-0.1, -0.05) is 6.92 Å². The highest BCUT2D eigenvalue weighted by molar-refractivity contribution is 5.56. The SMILES string of the molecule is CCCOc1ccc(Nc2cc(F)ncn2)cc1. The third kappa shape index (κ3) is 3.41. The van der Waals surface area contributed by atoms with Gasteiger partial charge in [0.15, 0.2) is 0 Å². The summed E-state index contributed by atoms with van der Waals surface area (Å²) in [7, 11) is 0. The average Bonchev–Trinajstić information content (AvgIpc) is 2.38. The molecule has 1 heterocycles. The summed E-state index contributed by atoms with van der Waals surface area (Å²) in [4.78, 5) is 7.30. The van der Waals surface area contributed by atoms with Crippen LogP contribution in [0.25, 0.3) is 0 Å². The van der Waals surface area contributed by atoms with Gasteiger partial charge in [-0.2, -0.15) is 4.39 Å². The molecular weight excluding hydrogens is 233 g/mol. The van der Waals surface area contributed by atoms with Crippen LogP contribution in [0.1, 0.15) is 13.3 Å². The molecule has 0 atom stereocenters. The fourth-order valence-corrected chi connectivity index (χ4v) is 1.40. The Balaban J connectivity index is 2.02. The molecule has 0 aliphatic rings. The van der Waals surface area contributed by atoms with E-state index in [1.165, 1.54) is 12.4 Å². The van der Waals surface area contributed by atoms with Gasteiger partial charge in [-0.3, -0.25) is 0 Å². The van der Waals surface area contributed by atoms with Crippen LogP contribution in [-0.4, -0.2) is 16.6 Å². The van der Waals surface area contributed by atoms with E-state index in [1.807, 2.05) is 24.3 Å². The molecule has 1 aromatic carbocycles. The maximum atomic E-state index is 12.9. The lowest BCUT2D eigenvalue weighted by molar-refractivity contribution is 0.317. The van der Waals surface area contributed by atoms with E-state index in [0.29, 0.717) is 12.4 Å². The normalized spacial score (nSPS) is 10.1. The summed E-state index contributed by atoms with van der Waals surface area (Å²) in [6.07, 6.45) is 2.15. The van der Waals surface area contributed by atoms with Crippen molar-refractivity contribution >= 4 is 11.5 Å². The van der Waals surface area contributed by atoms with Crippen molar-refractivity contribution in [1.82, 2.24) is 9.97 Å². The van der Waals surface area contributed by atoms with Gasteiger partial charge in [-0.15, -0.1) is 0 Å². The number of nitrogens with zero attached hydrogens (tertiary/aromatic N) is 2. The number of hydrogen-bond acceptors (Lipinski definition) is 4. The van der Waals surface area contributed by atoms with Crippen molar-refractivity contribution < 1.29 is 9.13 Å². The van der Waals surface area contributed by atoms with Crippen LogP contribution in [0, 0.1) is 5.95 Å². The number of nitrogens with one attached hydrogen (secondary N) is 1. The summed E-state index contributed by atoms with van der Waals surface area (Å²) in [6, 6.07) is 8.66. The van der Waals surface area contributed by atoms with Crippen molar-refractivity contribution in [3.05, 3.63) is 42.6 Å². The summed E-state index contributed by atoms with van der Waals surface area (Å²) in [6.45, 7) is 2.75. The molecule has 0 fully saturated rings. The van der Waals surface area contributed by atoms with Gasteiger partial charge in [0.2, 0.25) is 5.95 Å². The van der Waals surface area contributed by atoms with Crippen molar-refractivity contribution in [2.75, 3.05) is 11.9 Å². The Kier molecular flexibility index (Phi) is 4.06. The lowest BCUT2D eigenvalue weighted by Gasteiger charge is -2.07. The van der Waals surface area contributed by atoms with Crippen molar-refractivity contribution in [2.45, 2.75) is 13.3 Å². The van der Waals surface area contributed by atoms with Crippen LogP contribution in [0.5, 0.6) is 5.75 Å². The van der Waals surface area contributed by atoms with Crippen molar-refractivity contribution in [3.63, 3.8) is 0 Å². The minimum atomic E-state index is -0.560. The smallest absolute Gasteiger partial charge is 0.218 e. The third-order valence-electron chi connectivity index (χ3n) is 2.23. The molecule has 0 spiro atoms. The zero-order valence-electron chi connectivity index (χ0n) is 10.1. The molecule has 2 aromatic rings. The van der Waals surface area contributed by atoms with E-state index in [1.54, 1.807) is 0 Å². The number of aromatic nitrogens is 2. The van der Waals surface area contributed by atoms with E-state index >= 15 is 0 Å². The van der Waals surface area contributed by atoms with E-state index in [9.17, 15) is 4.39 Å². The summed E-state index contributed by atoms with van der Waals surface area (Å²) in [5.74, 6) is 0.677. The molecule has 5 heteroatoms. The number of anilines is 2. The topological polar surface area (TPSA) is 47.0 Å². The Morgan fingerprint density at radius 3 is 2.67 bits per heavy atom. The van der Waals surface area contributed by atoms with Gasteiger partial charge in [-0.25, -0.2) is 9.97 Å². The minimum absolute atomic E-state index is 0.421. The lowest BCUT2D eigenvalue weighted by Crippen LogP contribution is -1.97. The lowest BCUT2D eigenvalue weighted by atomic mass is 10.3. The van der Waals surface area contributed by atoms with Gasteiger partial charge >= 0.3 is 0 Å². The minimum Gasteiger partial charge on any atom is -0.494 e. The predicted octanol–water partition coefficient (Wildman–Crippen LogP) is 3.15. The van der Waals surface area contributed by atoms with E-state index in [2.05, 4.69) is 22.2 Å². The predicted molar refractivity (Wildman–Crippen MR) is 67.5 cm³/mol. The first-order chi connectivity index (χ1) is 8.78. The molecule has 2 rings (SSSR count). The largest absolute Gasteiger partial charge is 0.494 e. The Morgan fingerprint density at radius 2 is 2.00 bits per heavy atom. The summed E-state index contributed by atoms with van der Waals surface area (Å²) < 4.78 is 18.3. The molecule has 0 amide bonds. The monoisotopic (exact) mass is 247 g/mol. The van der Waals surface area contributed by atoms with Gasteiger partial charge < -0.3 is 10.1 Å². The first-order valence-corrected chi connectivity index (χ1v) is 5.75. The fourth-order valence-electron chi connectivity index (χ4n) is 1.40. The molecule has 0 aliphatic carbocycles. The maximum absolute atomic E-state index is 12.9. The molecule has 1 N–H and O–H groups in total. The first kappa shape index (κ1) is 12.3. The van der Waals surface area contributed by atoms with E-state index < -0.39 is 5.95 Å². The molecule has 0 saturated heterocycles. The van der Waals surface area contributed by atoms with Gasteiger partial charge in [0, 0.05) is 11.8 Å². The molecular formula is C13H14FN3O. The highest BCUT2D eigenvalue weighted by Crippen LogP contribution is 2.18. The van der Waals surface area contributed by atoms with Gasteiger partial charge in [-0.05, 0) is 30.7 Å². The number of rotatable bonds is 5. The van der Waals surface area contributed by atoms with Crippen LogP contribution in [-0.2, 0) is 0 Å². The quantitative estimate of drug-likeness (QED) is 0.824. The van der Waals surface area contributed by atoms with Crippen LogP contribution in [0.2, 0.25) is 0 Å².